The molecule has 2 aromatic carbocycles. The van der Waals surface area contributed by atoms with E-state index in [0.717, 1.165) is 5.69 Å². The number of esters is 1. The van der Waals surface area contributed by atoms with E-state index in [1.807, 2.05) is 16.7 Å². The lowest BCUT2D eigenvalue weighted by atomic mass is 10.2. The topological polar surface area (TPSA) is 81.9 Å². The molecular formula is C21H16Cl3N5O2. The predicted molar refractivity (Wildman–Crippen MR) is 122 cm³/mol. The molecule has 158 valence electrons. The maximum atomic E-state index is 11.8. The van der Waals surface area contributed by atoms with Gasteiger partial charge in [-0.25, -0.2) is 15.0 Å². The molecular weight excluding hydrogens is 461 g/mol. The fourth-order valence-corrected chi connectivity index (χ4v) is 3.69. The first-order valence-corrected chi connectivity index (χ1v) is 10.5. The van der Waals surface area contributed by atoms with Crippen LogP contribution in [0.25, 0.3) is 28.2 Å². The van der Waals surface area contributed by atoms with Crippen molar-refractivity contribution >= 4 is 57.8 Å². The van der Waals surface area contributed by atoms with Gasteiger partial charge < -0.3 is 10.1 Å². The van der Waals surface area contributed by atoms with Crippen LogP contribution >= 0.6 is 34.8 Å². The van der Waals surface area contributed by atoms with E-state index in [1.54, 1.807) is 37.3 Å². The lowest BCUT2D eigenvalue weighted by Crippen LogP contribution is -2.17. The van der Waals surface area contributed by atoms with Crippen LogP contribution in [0.2, 0.25) is 15.1 Å². The van der Waals surface area contributed by atoms with Crippen molar-refractivity contribution in [3.8, 4) is 17.1 Å². The molecule has 0 fully saturated rings. The summed E-state index contributed by atoms with van der Waals surface area (Å²) in [5.41, 5.74) is 2.45. The van der Waals surface area contributed by atoms with Gasteiger partial charge in [0.15, 0.2) is 17.0 Å². The van der Waals surface area contributed by atoms with Gasteiger partial charge in [0.1, 0.15) is 18.7 Å². The fraction of sp³-hybridized carbons (Fsp3) is 0.143. The molecule has 0 amide bonds. The van der Waals surface area contributed by atoms with Crippen molar-refractivity contribution in [3.05, 3.63) is 63.9 Å². The van der Waals surface area contributed by atoms with Crippen molar-refractivity contribution in [2.45, 2.75) is 6.92 Å². The van der Waals surface area contributed by atoms with Crippen LogP contribution in [-0.2, 0) is 9.53 Å². The molecule has 0 atom stereocenters. The highest BCUT2D eigenvalue weighted by Gasteiger charge is 2.20. The van der Waals surface area contributed by atoms with Gasteiger partial charge in [-0.05, 0) is 49.4 Å². The van der Waals surface area contributed by atoms with E-state index in [1.165, 1.54) is 6.33 Å². The summed E-state index contributed by atoms with van der Waals surface area (Å²) in [6.07, 6.45) is 1.40. The van der Waals surface area contributed by atoms with Gasteiger partial charge in [0.2, 0.25) is 0 Å². The molecule has 31 heavy (non-hydrogen) atoms. The van der Waals surface area contributed by atoms with Crippen molar-refractivity contribution < 1.29 is 9.53 Å². The number of ether oxygens (including phenoxy) is 1. The Kier molecular flexibility index (Phi) is 6.27. The summed E-state index contributed by atoms with van der Waals surface area (Å²) in [6, 6.07) is 12.4. The van der Waals surface area contributed by atoms with Crippen molar-refractivity contribution in [1.29, 1.82) is 0 Å². The lowest BCUT2D eigenvalue weighted by Gasteiger charge is -2.10. The highest BCUT2D eigenvalue weighted by molar-refractivity contribution is 6.36. The molecule has 1 N–H and O–H groups in total. The standard InChI is InChI=1S/C21H16Cl3N5O2/c1-2-31-17(30)10-25-19-18-21(27-11-26-19)29(14-6-3-12(22)4-7-14)20(28-18)15-8-5-13(23)9-16(15)24/h3-9,11H,2,10H2,1H3,(H,25,26,27). The highest BCUT2D eigenvalue weighted by Crippen LogP contribution is 2.35. The van der Waals surface area contributed by atoms with Gasteiger partial charge in [-0.2, -0.15) is 0 Å². The number of fused-ring (bicyclic) bond motifs is 1. The molecule has 0 bridgehead atoms. The SMILES string of the molecule is CCOC(=O)CNc1ncnc2c1nc(-c1ccc(Cl)cc1Cl)n2-c1ccc(Cl)cc1. The van der Waals surface area contributed by atoms with E-state index < -0.39 is 5.97 Å². The maximum absolute atomic E-state index is 11.8. The summed E-state index contributed by atoms with van der Waals surface area (Å²) in [5.74, 6) is 0.545. The molecule has 10 heteroatoms. The van der Waals surface area contributed by atoms with E-state index in [-0.39, 0.29) is 6.54 Å². The average Bonchev–Trinajstić information content (AvgIpc) is 3.13. The number of hydrogen-bond donors (Lipinski definition) is 1. The average molecular weight is 477 g/mol. The zero-order valence-corrected chi connectivity index (χ0v) is 18.5. The second kappa shape index (κ2) is 9.09. The third kappa shape index (κ3) is 4.44. The number of halogens is 3. The molecule has 0 radical (unpaired) electrons. The Bertz CT molecular complexity index is 1260. The van der Waals surface area contributed by atoms with Crippen LogP contribution in [0.4, 0.5) is 5.82 Å². The van der Waals surface area contributed by atoms with Crippen LogP contribution in [0.1, 0.15) is 6.92 Å². The molecule has 2 aromatic heterocycles. The zero-order chi connectivity index (χ0) is 22.0. The first-order chi connectivity index (χ1) is 15.0. The minimum Gasteiger partial charge on any atom is -0.465 e. The second-order valence-electron chi connectivity index (χ2n) is 6.42. The first kappa shape index (κ1) is 21.4. The van der Waals surface area contributed by atoms with E-state index >= 15 is 0 Å². The molecule has 0 unspecified atom stereocenters. The van der Waals surface area contributed by atoms with Crippen LogP contribution < -0.4 is 5.32 Å². The Balaban J connectivity index is 1.90. The smallest absolute Gasteiger partial charge is 0.325 e. The number of anilines is 1. The van der Waals surface area contributed by atoms with Gasteiger partial charge in [-0.15, -0.1) is 0 Å². The Morgan fingerprint density at radius 2 is 1.81 bits per heavy atom. The summed E-state index contributed by atoms with van der Waals surface area (Å²) in [5, 5.41) is 4.52. The largest absolute Gasteiger partial charge is 0.465 e. The predicted octanol–water partition coefficient (Wildman–Crippen LogP) is 5.42. The zero-order valence-electron chi connectivity index (χ0n) is 16.3. The molecule has 0 spiro atoms. The monoisotopic (exact) mass is 475 g/mol. The Morgan fingerprint density at radius 1 is 1.06 bits per heavy atom. The van der Waals surface area contributed by atoms with Crippen molar-refractivity contribution in [1.82, 2.24) is 19.5 Å². The van der Waals surface area contributed by atoms with Crippen LogP contribution in [-0.4, -0.2) is 38.6 Å². The molecule has 4 aromatic rings. The third-order valence-corrected chi connectivity index (χ3v) is 5.21. The number of rotatable bonds is 6. The van der Waals surface area contributed by atoms with Gasteiger partial charge >= 0.3 is 5.97 Å². The number of imidazole rings is 1. The van der Waals surface area contributed by atoms with Crippen LogP contribution in [0.3, 0.4) is 0 Å². The molecule has 0 aliphatic heterocycles. The van der Waals surface area contributed by atoms with Gasteiger partial charge in [0.05, 0.1) is 11.6 Å². The molecule has 0 saturated carbocycles. The molecule has 0 saturated heterocycles. The van der Waals surface area contributed by atoms with Crippen molar-refractivity contribution in [3.63, 3.8) is 0 Å². The maximum Gasteiger partial charge on any atom is 0.325 e. The first-order valence-electron chi connectivity index (χ1n) is 9.32. The quantitative estimate of drug-likeness (QED) is 0.374. The number of nitrogens with one attached hydrogen (secondary N) is 1. The lowest BCUT2D eigenvalue weighted by molar-refractivity contribution is -0.140. The highest BCUT2D eigenvalue weighted by atomic mass is 35.5. The summed E-state index contributed by atoms with van der Waals surface area (Å²) in [6.45, 7) is 1.99. The Labute approximate surface area is 192 Å². The Hall–Kier alpha value is -2.87. The van der Waals surface area contributed by atoms with E-state index in [0.29, 0.717) is 50.0 Å². The van der Waals surface area contributed by atoms with E-state index in [4.69, 9.17) is 44.5 Å². The van der Waals surface area contributed by atoms with Gasteiger partial charge in [-0.1, -0.05) is 34.8 Å². The normalized spacial score (nSPS) is 11.0. The number of carbonyl (C=O) groups excluding carboxylic acids is 1. The summed E-state index contributed by atoms with van der Waals surface area (Å²) < 4.78 is 6.81. The number of nitrogens with zero attached hydrogens (tertiary/aromatic N) is 4. The summed E-state index contributed by atoms with van der Waals surface area (Å²) >= 11 is 18.6. The van der Waals surface area contributed by atoms with Gasteiger partial charge in [-0.3, -0.25) is 9.36 Å². The van der Waals surface area contributed by atoms with E-state index in [2.05, 4.69) is 15.3 Å². The summed E-state index contributed by atoms with van der Waals surface area (Å²) in [4.78, 5) is 25.2. The van der Waals surface area contributed by atoms with Gasteiger partial charge in [0.25, 0.3) is 0 Å². The number of benzene rings is 2. The molecule has 0 aliphatic rings. The third-order valence-electron chi connectivity index (χ3n) is 4.41. The molecule has 4 rings (SSSR count). The second-order valence-corrected chi connectivity index (χ2v) is 7.70. The minimum atomic E-state index is -0.396. The number of carbonyl (C=O) groups is 1. The Morgan fingerprint density at radius 3 is 2.52 bits per heavy atom. The van der Waals surface area contributed by atoms with E-state index in [9.17, 15) is 4.79 Å². The van der Waals surface area contributed by atoms with Crippen LogP contribution in [0, 0.1) is 0 Å². The van der Waals surface area contributed by atoms with Crippen molar-refractivity contribution in [2.24, 2.45) is 0 Å². The summed E-state index contributed by atoms with van der Waals surface area (Å²) in [7, 11) is 0. The van der Waals surface area contributed by atoms with Crippen LogP contribution in [0.5, 0.6) is 0 Å². The van der Waals surface area contributed by atoms with Crippen LogP contribution in [0.15, 0.2) is 48.8 Å². The molecule has 7 nitrogen and oxygen atoms in total. The number of aromatic nitrogens is 4. The molecule has 2 heterocycles. The van der Waals surface area contributed by atoms with Crippen molar-refractivity contribution in [2.75, 3.05) is 18.5 Å². The fourth-order valence-electron chi connectivity index (χ4n) is 3.08. The van der Waals surface area contributed by atoms with Gasteiger partial charge in [0, 0.05) is 21.3 Å². The minimum absolute atomic E-state index is 0.0508. The number of hydrogen-bond acceptors (Lipinski definition) is 6. The molecule has 0 aliphatic carbocycles.